The molecule has 0 unspecified atom stereocenters. The standard InChI is InChI=1S/C7H8N2O3/c10-7(11)9-2-1-6-5(4-9)3-8-12-6/h3H,1-2,4H2,(H,10,11). The normalized spacial score (nSPS) is 15.8. The Labute approximate surface area is 68.6 Å². The van der Waals surface area contributed by atoms with Crippen molar-refractivity contribution in [1.29, 1.82) is 0 Å². The molecule has 0 fully saturated rings. The van der Waals surface area contributed by atoms with Crippen LogP contribution in [0.3, 0.4) is 0 Å². The van der Waals surface area contributed by atoms with Crippen LogP contribution in [0.25, 0.3) is 0 Å². The number of nitrogens with zero attached hydrogens (tertiary/aromatic N) is 2. The van der Waals surface area contributed by atoms with E-state index in [-0.39, 0.29) is 0 Å². The Bertz CT molecular complexity index is 307. The SMILES string of the molecule is O=C(O)N1CCc2oncc2C1. The number of fused-ring (bicyclic) bond motifs is 1. The number of aromatic nitrogens is 1. The Hall–Kier alpha value is -1.52. The summed E-state index contributed by atoms with van der Waals surface area (Å²) in [5, 5.41) is 12.3. The number of rotatable bonds is 0. The second-order valence-corrected chi connectivity index (χ2v) is 2.73. The summed E-state index contributed by atoms with van der Waals surface area (Å²) < 4.78 is 4.91. The van der Waals surface area contributed by atoms with Gasteiger partial charge < -0.3 is 14.5 Å². The van der Waals surface area contributed by atoms with E-state index in [0.717, 1.165) is 11.3 Å². The number of carbonyl (C=O) groups is 1. The van der Waals surface area contributed by atoms with Gasteiger partial charge in [-0.1, -0.05) is 5.16 Å². The monoisotopic (exact) mass is 168 g/mol. The number of hydrogen-bond donors (Lipinski definition) is 1. The van der Waals surface area contributed by atoms with Crippen LogP contribution in [0.4, 0.5) is 4.79 Å². The van der Waals surface area contributed by atoms with Gasteiger partial charge in [-0.25, -0.2) is 4.79 Å². The quantitative estimate of drug-likeness (QED) is 0.619. The smallest absolute Gasteiger partial charge is 0.407 e. The summed E-state index contributed by atoms with van der Waals surface area (Å²) in [5.74, 6) is 0.813. The number of amides is 1. The van der Waals surface area contributed by atoms with Crippen molar-refractivity contribution in [2.24, 2.45) is 0 Å². The van der Waals surface area contributed by atoms with Crippen molar-refractivity contribution in [1.82, 2.24) is 10.1 Å². The minimum atomic E-state index is -0.887. The fourth-order valence-electron chi connectivity index (χ4n) is 1.30. The maximum Gasteiger partial charge on any atom is 0.407 e. The molecule has 0 saturated carbocycles. The van der Waals surface area contributed by atoms with Crippen molar-refractivity contribution in [3.63, 3.8) is 0 Å². The minimum absolute atomic E-state index is 0.397. The molecule has 2 rings (SSSR count). The predicted octanol–water partition coefficient (Wildman–Crippen LogP) is 0.711. The van der Waals surface area contributed by atoms with Crippen molar-refractivity contribution in [3.05, 3.63) is 17.5 Å². The molecule has 0 bridgehead atoms. The molecular weight excluding hydrogens is 160 g/mol. The van der Waals surface area contributed by atoms with Gasteiger partial charge in [0.05, 0.1) is 12.7 Å². The molecule has 0 aromatic carbocycles. The van der Waals surface area contributed by atoms with E-state index in [9.17, 15) is 4.79 Å². The number of hydrogen-bond acceptors (Lipinski definition) is 3. The molecule has 1 N–H and O–H groups in total. The van der Waals surface area contributed by atoms with Gasteiger partial charge in [0.15, 0.2) is 0 Å². The van der Waals surface area contributed by atoms with Crippen LogP contribution >= 0.6 is 0 Å². The molecule has 1 aliphatic heterocycles. The van der Waals surface area contributed by atoms with Gasteiger partial charge in [0.25, 0.3) is 0 Å². The van der Waals surface area contributed by atoms with Gasteiger partial charge in [-0.05, 0) is 0 Å². The molecule has 1 amide bonds. The van der Waals surface area contributed by atoms with E-state index in [2.05, 4.69) is 5.16 Å². The molecule has 2 heterocycles. The second-order valence-electron chi connectivity index (χ2n) is 2.73. The van der Waals surface area contributed by atoms with Crippen LogP contribution in [0.5, 0.6) is 0 Å². The fraction of sp³-hybridized carbons (Fsp3) is 0.429. The maximum atomic E-state index is 10.6. The Balaban J connectivity index is 2.20. The lowest BCUT2D eigenvalue weighted by Crippen LogP contribution is -2.34. The molecule has 0 saturated heterocycles. The van der Waals surface area contributed by atoms with Crippen molar-refractivity contribution in [2.45, 2.75) is 13.0 Å². The highest BCUT2D eigenvalue weighted by Crippen LogP contribution is 2.17. The van der Waals surface area contributed by atoms with E-state index >= 15 is 0 Å². The average molecular weight is 168 g/mol. The van der Waals surface area contributed by atoms with Crippen LogP contribution in [0.15, 0.2) is 10.7 Å². The van der Waals surface area contributed by atoms with Crippen LogP contribution in [-0.2, 0) is 13.0 Å². The molecule has 1 aromatic heterocycles. The van der Waals surface area contributed by atoms with Crippen LogP contribution < -0.4 is 0 Å². The Morgan fingerprint density at radius 1 is 1.75 bits per heavy atom. The lowest BCUT2D eigenvalue weighted by molar-refractivity contribution is 0.137. The third-order valence-electron chi connectivity index (χ3n) is 1.97. The molecule has 0 atom stereocenters. The first-order valence-corrected chi connectivity index (χ1v) is 3.67. The molecule has 1 aromatic rings. The van der Waals surface area contributed by atoms with E-state index in [1.807, 2.05) is 0 Å². The third-order valence-corrected chi connectivity index (χ3v) is 1.97. The van der Waals surface area contributed by atoms with Gasteiger partial charge in [0, 0.05) is 18.5 Å². The molecule has 0 radical (unpaired) electrons. The van der Waals surface area contributed by atoms with Gasteiger partial charge in [-0.15, -0.1) is 0 Å². The summed E-state index contributed by atoms with van der Waals surface area (Å²) in [5.41, 5.74) is 0.878. The van der Waals surface area contributed by atoms with Crippen molar-refractivity contribution < 1.29 is 14.4 Å². The Morgan fingerprint density at radius 2 is 2.58 bits per heavy atom. The van der Waals surface area contributed by atoms with E-state index in [0.29, 0.717) is 19.5 Å². The van der Waals surface area contributed by atoms with Crippen LogP contribution in [-0.4, -0.2) is 27.8 Å². The number of carboxylic acid groups (broad SMARTS) is 1. The summed E-state index contributed by atoms with van der Waals surface area (Å²) in [6.07, 6.45) is 1.31. The van der Waals surface area contributed by atoms with Gasteiger partial charge in [-0.2, -0.15) is 0 Å². The summed E-state index contributed by atoms with van der Waals surface area (Å²) in [6.45, 7) is 0.895. The molecule has 5 nitrogen and oxygen atoms in total. The summed E-state index contributed by atoms with van der Waals surface area (Å²) >= 11 is 0. The lowest BCUT2D eigenvalue weighted by atomic mass is 10.1. The van der Waals surface area contributed by atoms with Gasteiger partial charge in [-0.3, -0.25) is 0 Å². The van der Waals surface area contributed by atoms with E-state index in [4.69, 9.17) is 9.63 Å². The summed E-state index contributed by atoms with van der Waals surface area (Å²) in [4.78, 5) is 11.9. The van der Waals surface area contributed by atoms with Crippen molar-refractivity contribution in [3.8, 4) is 0 Å². The zero-order valence-electron chi connectivity index (χ0n) is 6.36. The highest BCUT2D eigenvalue weighted by Gasteiger charge is 2.22. The zero-order valence-corrected chi connectivity index (χ0v) is 6.36. The molecule has 1 aliphatic rings. The molecule has 12 heavy (non-hydrogen) atoms. The van der Waals surface area contributed by atoms with Crippen LogP contribution in [0, 0.1) is 0 Å². The topological polar surface area (TPSA) is 66.6 Å². The zero-order chi connectivity index (χ0) is 8.55. The van der Waals surface area contributed by atoms with E-state index < -0.39 is 6.09 Å². The highest BCUT2D eigenvalue weighted by atomic mass is 16.5. The van der Waals surface area contributed by atoms with Gasteiger partial charge in [0.1, 0.15) is 5.76 Å². The highest BCUT2D eigenvalue weighted by molar-refractivity contribution is 5.65. The average Bonchev–Trinajstić information content (AvgIpc) is 2.49. The Morgan fingerprint density at radius 3 is 3.33 bits per heavy atom. The second kappa shape index (κ2) is 2.51. The van der Waals surface area contributed by atoms with Crippen molar-refractivity contribution in [2.75, 3.05) is 6.54 Å². The van der Waals surface area contributed by atoms with Gasteiger partial charge in [0.2, 0.25) is 0 Å². The lowest BCUT2D eigenvalue weighted by Gasteiger charge is -2.21. The molecule has 0 spiro atoms. The minimum Gasteiger partial charge on any atom is -0.465 e. The first-order valence-electron chi connectivity index (χ1n) is 3.67. The predicted molar refractivity (Wildman–Crippen MR) is 38.6 cm³/mol. The first kappa shape index (κ1) is 7.15. The molecule has 5 heteroatoms. The Kier molecular flexibility index (Phi) is 1.49. The van der Waals surface area contributed by atoms with Crippen LogP contribution in [0.1, 0.15) is 11.3 Å². The molecule has 0 aliphatic carbocycles. The van der Waals surface area contributed by atoms with Crippen LogP contribution in [0.2, 0.25) is 0 Å². The summed E-state index contributed by atoms with van der Waals surface area (Å²) in [7, 11) is 0. The molecular formula is C7H8N2O3. The first-order chi connectivity index (χ1) is 5.77. The largest absolute Gasteiger partial charge is 0.465 e. The maximum absolute atomic E-state index is 10.6. The van der Waals surface area contributed by atoms with Gasteiger partial charge >= 0.3 is 6.09 Å². The van der Waals surface area contributed by atoms with E-state index in [1.54, 1.807) is 6.20 Å². The summed E-state index contributed by atoms with van der Waals surface area (Å²) in [6, 6.07) is 0. The van der Waals surface area contributed by atoms with Crippen molar-refractivity contribution >= 4 is 6.09 Å². The van der Waals surface area contributed by atoms with E-state index in [1.165, 1.54) is 4.90 Å². The fourth-order valence-corrected chi connectivity index (χ4v) is 1.30. The molecule has 64 valence electrons. The third kappa shape index (κ3) is 1.03.